The van der Waals surface area contributed by atoms with Crippen molar-refractivity contribution in [2.24, 2.45) is 0 Å². The van der Waals surface area contributed by atoms with Gasteiger partial charge in [-0.2, -0.15) is 0 Å². The Morgan fingerprint density at radius 3 is 2.80 bits per heavy atom. The second kappa shape index (κ2) is 6.25. The first-order chi connectivity index (χ1) is 9.53. The lowest BCUT2D eigenvalue weighted by Crippen LogP contribution is -2.25. The van der Waals surface area contributed by atoms with Gasteiger partial charge in [0.25, 0.3) is 0 Å². The molecule has 106 valence electrons. The van der Waals surface area contributed by atoms with E-state index in [1.54, 1.807) is 19.3 Å². The maximum Gasteiger partial charge on any atom is 0.244 e. The molecule has 0 aromatic carbocycles. The minimum Gasteiger partial charge on any atom is -0.372 e. The fourth-order valence-electron chi connectivity index (χ4n) is 1.48. The van der Waals surface area contributed by atoms with Gasteiger partial charge in [0.2, 0.25) is 10.0 Å². The third-order valence-electron chi connectivity index (χ3n) is 2.43. The van der Waals surface area contributed by atoms with E-state index < -0.39 is 10.0 Å². The molecule has 2 heterocycles. The highest BCUT2D eigenvalue weighted by molar-refractivity contribution is 9.10. The highest BCUT2D eigenvalue weighted by Gasteiger charge is 2.19. The predicted octanol–water partition coefficient (Wildman–Crippen LogP) is 1.15. The van der Waals surface area contributed by atoms with Gasteiger partial charge in [-0.3, -0.25) is 0 Å². The number of pyridine rings is 1. The van der Waals surface area contributed by atoms with Crippen molar-refractivity contribution in [3.05, 3.63) is 41.0 Å². The van der Waals surface area contributed by atoms with Crippen molar-refractivity contribution < 1.29 is 8.42 Å². The zero-order valence-corrected chi connectivity index (χ0v) is 12.9. The minimum absolute atomic E-state index is 0.0726. The molecule has 9 heteroatoms. The summed E-state index contributed by atoms with van der Waals surface area (Å²) >= 11 is 3.21. The van der Waals surface area contributed by atoms with Gasteiger partial charge in [-0.15, -0.1) is 0 Å². The van der Waals surface area contributed by atoms with Crippen molar-refractivity contribution in [1.29, 1.82) is 0 Å². The van der Waals surface area contributed by atoms with Crippen LogP contribution in [0.25, 0.3) is 0 Å². The number of hydrogen-bond acceptors (Lipinski definition) is 6. The van der Waals surface area contributed by atoms with E-state index in [-0.39, 0.29) is 17.3 Å². The second-order valence-corrected chi connectivity index (χ2v) is 6.43. The summed E-state index contributed by atoms with van der Waals surface area (Å²) in [6.45, 7) is 0.0839. The van der Waals surface area contributed by atoms with Crippen molar-refractivity contribution in [1.82, 2.24) is 19.7 Å². The summed E-state index contributed by atoms with van der Waals surface area (Å²) < 4.78 is 27.6. The van der Waals surface area contributed by atoms with E-state index in [9.17, 15) is 8.42 Å². The molecule has 20 heavy (non-hydrogen) atoms. The van der Waals surface area contributed by atoms with Crippen molar-refractivity contribution >= 4 is 31.8 Å². The van der Waals surface area contributed by atoms with Gasteiger partial charge in [0.1, 0.15) is 17.0 Å². The molecule has 0 saturated carbocycles. The lowest BCUT2D eigenvalue weighted by Gasteiger charge is -2.10. The standard InChI is InChI=1S/C11H12BrN5O2S/c1-13-11-10(4-8(12)5-15-11)20(18,19)17-6-9-2-3-14-7-16-9/h2-5,7,17H,6H2,1H3,(H,13,15). The Balaban J connectivity index is 2.24. The van der Waals surface area contributed by atoms with Gasteiger partial charge in [-0.1, -0.05) is 0 Å². The number of sulfonamides is 1. The Morgan fingerprint density at radius 2 is 2.15 bits per heavy atom. The van der Waals surface area contributed by atoms with E-state index in [0.29, 0.717) is 10.2 Å². The van der Waals surface area contributed by atoms with Crippen LogP contribution in [0.3, 0.4) is 0 Å². The topological polar surface area (TPSA) is 96.9 Å². The highest BCUT2D eigenvalue weighted by Crippen LogP contribution is 2.22. The first kappa shape index (κ1) is 14.8. The fourth-order valence-corrected chi connectivity index (χ4v) is 3.15. The van der Waals surface area contributed by atoms with Gasteiger partial charge >= 0.3 is 0 Å². The molecular formula is C11H12BrN5O2S. The molecule has 7 nitrogen and oxygen atoms in total. The lowest BCUT2D eigenvalue weighted by molar-refractivity contribution is 0.580. The molecule has 2 aromatic heterocycles. The number of nitrogens with one attached hydrogen (secondary N) is 2. The Labute approximate surface area is 125 Å². The fraction of sp³-hybridized carbons (Fsp3) is 0.182. The Bertz CT molecular complexity index is 693. The van der Waals surface area contributed by atoms with Crippen LogP contribution in [-0.4, -0.2) is 30.4 Å². The predicted molar refractivity (Wildman–Crippen MR) is 77.5 cm³/mol. The zero-order valence-electron chi connectivity index (χ0n) is 10.5. The van der Waals surface area contributed by atoms with E-state index >= 15 is 0 Å². The third kappa shape index (κ3) is 3.50. The Hall–Kier alpha value is -1.58. The Kier molecular flexibility index (Phi) is 4.63. The monoisotopic (exact) mass is 357 g/mol. The summed E-state index contributed by atoms with van der Waals surface area (Å²) in [4.78, 5) is 11.8. The number of nitrogens with zero attached hydrogens (tertiary/aromatic N) is 3. The number of rotatable bonds is 5. The van der Waals surface area contributed by atoms with Crippen LogP contribution in [0, 0.1) is 0 Å². The average molecular weight is 358 g/mol. The molecule has 0 bridgehead atoms. The second-order valence-electron chi connectivity index (χ2n) is 3.78. The molecule has 2 rings (SSSR count). The maximum absolute atomic E-state index is 12.3. The van der Waals surface area contributed by atoms with Gasteiger partial charge < -0.3 is 5.32 Å². The maximum atomic E-state index is 12.3. The third-order valence-corrected chi connectivity index (χ3v) is 4.28. The van der Waals surface area contributed by atoms with E-state index in [4.69, 9.17) is 0 Å². The molecule has 0 amide bonds. The van der Waals surface area contributed by atoms with Crippen LogP contribution in [0.4, 0.5) is 5.82 Å². The van der Waals surface area contributed by atoms with Crippen molar-refractivity contribution in [2.45, 2.75) is 11.4 Å². The molecule has 2 aromatic rings. The summed E-state index contributed by atoms with van der Waals surface area (Å²) in [6.07, 6.45) is 4.44. The van der Waals surface area contributed by atoms with Crippen molar-refractivity contribution in [3.8, 4) is 0 Å². The van der Waals surface area contributed by atoms with E-state index in [0.717, 1.165) is 0 Å². The minimum atomic E-state index is -3.69. The van der Waals surface area contributed by atoms with E-state index in [1.165, 1.54) is 18.6 Å². The Morgan fingerprint density at radius 1 is 1.35 bits per heavy atom. The molecular weight excluding hydrogens is 346 g/mol. The average Bonchev–Trinajstić information content (AvgIpc) is 2.46. The molecule has 0 fully saturated rings. The summed E-state index contributed by atoms with van der Waals surface area (Å²) in [5, 5.41) is 2.75. The van der Waals surface area contributed by atoms with E-state index in [2.05, 4.69) is 40.9 Å². The summed E-state index contributed by atoms with van der Waals surface area (Å²) in [7, 11) is -2.08. The summed E-state index contributed by atoms with van der Waals surface area (Å²) in [5.74, 6) is 0.281. The molecule has 0 unspecified atom stereocenters. The van der Waals surface area contributed by atoms with Crippen LogP contribution in [0.5, 0.6) is 0 Å². The SMILES string of the molecule is CNc1ncc(Br)cc1S(=O)(=O)NCc1ccncn1. The normalized spacial score (nSPS) is 11.3. The van der Waals surface area contributed by atoms with Crippen LogP contribution < -0.4 is 10.0 Å². The quantitative estimate of drug-likeness (QED) is 0.833. The van der Waals surface area contributed by atoms with Gasteiger partial charge in [0.05, 0.1) is 12.2 Å². The van der Waals surface area contributed by atoms with Gasteiger partial charge in [0.15, 0.2) is 0 Å². The molecule has 0 atom stereocenters. The number of hydrogen-bond donors (Lipinski definition) is 2. The number of halogens is 1. The highest BCUT2D eigenvalue weighted by atomic mass is 79.9. The van der Waals surface area contributed by atoms with Crippen molar-refractivity contribution in [2.75, 3.05) is 12.4 Å². The van der Waals surface area contributed by atoms with Crippen LogP contribution in [0.2, 0.25) is 0 Å². The van der Waals surface area contributed by atoms with Crippen LogP contribution in [0.1, 0.15) is 5.69 Å². The van der Waals surface area contributed by atoms with Gasteiger partial charge in [-0.05, 0) is 28.1 Å². The largest absolute Gasteiger partial charge is 0.372 e. The zero-order chi connectivity index (χ0) is 14.6. The van der Waals surface area contributed by atoms with Crippen molar-refractivity contribution in [3.63, 3.8) is 0 Å². The molecule has 0 radical (unpaired) electrons. The molecule has 0 spiro atoms. The van der Waals surface area contributed by atoms with Gasteiger partial charge in [0, 0.05) is 23.9 Å². The smallest absolute Gasteiger partial charge is 0.244 e. The summed E-state index contributed by atoms with van der Waals surface area (Å²) in [6, 6.07) is 3.13. The summed E-state index contributed by atoms with van der Waals surface area (Å²) in [5.41, 5.74) is 0.581. The molecule has 0 aliphatic heterocycles. The molecule has 0 aliphatic rings. The molecule has 0 saturated heterocycles. The number of aromatic nitrogens is 3. The number of anilines is 1. The van der Waals surface area contributed by atoms with E-state index in [1.807, 2.05) is 0 Å². The molecule has 2 N–H and O–H groups in total. The lowest BCUT2D eigenvalue weighted by atomic mass is 10.4. The van der Waals surface area contributed by atoms with Crippen LogP contribution in [-0.2, 0) is 16.6 Å². The van der Waals surface area contributed by atoms with Gasteiger partial charge in [-0.25, -0.2) is 28.1 Å². The van der Waals surface area contributed by atoms with Crippen LogP contribution >= 0.6 is 15.9 Å². The molecule has 0 aliphatic carbocycles. The van der Waals surface area contributed by atoms with Crippen LogP contribution in [0.15, 0.2) is 40.2 Å². The first-order valence-electron chi connectivity index (χ1n) is 5.61. The first-order valence-corrected chi connectivity index (χ1v) is 7.88.